The number of carbonyl (C=O) groups is 2. The van der Waals surface area contributed by atoms with Crippen LogP contribution in [0.2, 0.25) is 0 Å². The molecule has 1 aliphatic carbocycles. The van der Waals surface area contributed by atoms with Crippen molar-refractivity contribution in [1.29, 1.82) is 0 Å². The van der Waals surface area contributed by atoms with Crippen LogP contribution in [-0.2, 0) is 16.1 Å². The summed E-state index contributed by atoms with van der Waals surface area (Å²) in [5.74, 6) is 0.357. The highest BCUT2D eigenvalue weighted by Crippen LogP contribution is 2.29. The minimum absolute atomic E-state index is 0.0595. The quantitative estimate of drug-likeness (QED) is 0.570. The highest BCUT2D eigenvalue weighted by molar-refractivity contribution is 5.86. The van der Waals surface area contributed by atoms with Crippen molar-refractivity contribution in [1.82, 2.24) is 25.2 Å². The van der Waals surface area contributed by atoms with Gasteiger partial charge in [-0.25, -0.2) is 9.48 Å². The van der Waals surface area contributed by atoms with Gasteiger partial charge in [-0.05, 0) is 31.4 Å². The molecule has 2 atom stereocenters. The van der Waals surface area contributed by atoms with Gasteiger partial charge < -0.3 is 14.5 Å². The van der Waals surface area contributed by atoms with E-state index in [1.165, 1.54) is 32.8 Å². The van der Waals surface area contributed by atoms with Crippen LogP contribution >= 0.6 is 0 Å². The van der Waals surface area contributed by atoms with E-state index >= 15 is 0 Å². The third-order valence-corrected chi connectivity index (χ3v) is 6.10. The first-order valence-electron chi connectivity index (χ1n) is 10.7. The number of hydrogen-bond acceptors (Lipinski definition) is 7. The van der Waals surface area contributed by atoms with Crippen molar-refractivity contribution < 1.29 is 18.7 Å². The van der Waals surface area contributed by atoms with E-state index in [4.69, 9.17) is 9.15 Å². The SMILES string of the molecule is COC(=O)c1cn([C@@H]2C[C@@H](C(=O)NC3CCCCCC3)N(Cc3ccco3)C2)nn1. The second kappa shape index (κ2) is 9.42. The number of rotatable bonds is 6. The molecule has 1 amide bonds. The Morgan fingerprint density at radius 2 is 2.07 bits per heavy atom. The number of likely N-dealkylation sites (tertiary alicyclic amines) is 1. The Balaban J connectivity index is 1.48. The number of nitrogens with zero attached hydrogens (tertiary/aromatic N) is 4. The average Bonchev–Trinajstić information content (AvgIpc) is 3.47. The van der Waals surface area contributed by atoms with Gasteiger partial charge in [0.05, 0.1) is 38.2 Å². The number of hydrogen-bond donors (Lipinski definition) is 1. The highest BCUT2D eigenvalue weighted by Gasteiger charge is 2.39. The highest BCUT2D eigenvalue weighted by atomic mass is 16.5. The fraction of sp³-hybridized carbons (Fsp3) is 0.619. The van der Waals surface area contributed by atoms with Gasteiger partial charge in [0.2, 0.25) is 5.91 Å². The van der Waals surface area contributed by atoms with E-state index in [1.54, 1.807) is 17.1 Å². The zero-order valence-corrected chi connectivity index (χ0v) is 17.3. The van der Waals surface area contributed by atoms with Gasteiger partial charge in [-0.1, -0.05) is 30.9 Å². The molecule has 2 aromatic rings. The molecule has 2 aromatic heterocycles. The standard InChI is InChI=1S/C21H29N5O4/c1-29-21(28)18-14-26(24-23-18)16-11-19(25(12-16)13-17-9-6-10-30-17)20(27)22-15-7-4-2-3-5-8-15/h6,9-10,14-16,19H,2-5,7-8,11-13H2,1H3,(H,22,27)/t16-,19+/m1/s1. The summed E-state index contributed by atoms with van der Waals surface area (Å²) in [6.07, 6.45) is 10.8. The molecule has 1 saturated carbocycles. The van der Waals surface area contributed by atoms with Gasteiger partial charge in [-0.2, -0.15) is 0 Å². The normalized spacial score (nSPS) is 23.2. The summed E-state index contributed by atoms with van der Waals surface area (Å²) in [6.45, 7) is 1.16. The maximum Gasteiger partial charge on any atom is 0.360 e. The summed E-state index contributed by atoms with van der Waals surface area (Å²) in [4.78, 5) is 27.0. The lowest BCUT2D eigenvalue weighted by Crippen LogP contribution is -2.46. The maximum atomic E-state index is 13.2. The van der Waals surface area contributed by atoms with Crippen LogP contribution in [0.3, 0.4) is 0 Å². The molecule has 0 radical (unpaired) electrons. The van der Waals surface area contributed by atoms with Crippen LogP contribution < -0.4 is 5.32 Å². The largest absolute Gasteiger partial charge is 0.468 e. The number of furan rings is 1. The Bertz CT molecular complexity index is 841. The molecule has 0 spiro atoms. The van der Waals surface area contributed by atoms with Gasteiger partial charge >= 0.3 is 5.97 Å². The fourth-order valence-electron chi connectivity index (χ4n) is 4.50. The van der Waals surface area contributed by atoms with Gasteiger partial charge in [0.1, 0.15) is 5.76 Å². The van der Waals surface area contributed by atoms with Gasteiger partial charge in [0.25, 0.3) is 0 Å². The van der Waals surface area contributed by atoms with E-state index < -0.39 is 5.97 Å². The van der Waals surface area contributed by atoms with Crippen molar-refractivity contribution in [2.24, 2.45) is 0 Å². The molecule has 0 bridgehead atoms. The van der Waals surface area contributed by atoms with E-state index in [2.05, 4.69) is 20.5 Å². The second-order valence-electron chi connectivity index (χ2n) is 8.19. The predicted molar refractivity (Wildman–Crippen MR) is 108 cm³/mol. The molecule has 2 aliphatic rings. The van der Waals surface area contributed by atoms with E-state index in [0.717, 1.165) is 18.6 Å². The Hall–Kier alpha value is -2.68. The molecule has 30 heavy (non-hydrogen) atoms. The average molecular weight is 415 g/mol. The van der Waals surface area contributed by atoms with Gasteiger partial charge in [0.15, 0.2) is 5.69 Å². The van der Waals surface area contributed by atoms with Gasteiger partial charge in [-0.3, -0.25) is 9.69 Å². The third-order valence-electron chi connectivity index (χ3n) is 6.10. The zero-order valence-electron chi connectivity index (χ0n) is 17.3. The molecule has 4 rings (SSSR count). The molecule has 0 aromatic carbocycles. The Morgan fingerprint density at radius 1 is 1.27 bits per heavy atom. The first kappa shape index (κ1) is 20.6. The number of aromatic nitrogens is 3. The first-order valence-corrected chi connectivity index (χ1v) is 10.7. The number of esters is 1. The molecule has 3 heterocycles. The molecular weight excluding hydrogens is 386 g/mol. The van der Waals surface area contributed by atoms with Gasteiger partial charge in [-0.15, -0.1) is 5.10 Å². The van der Waals surface area contributed by atoms with Crippen LogP contribution in [0.4, 0.5) is 0 Å². The van der Waals surface area contributed by atoms with Crippen molar-refractivity contribution in [2.75, 3.05) is 13.7 Å². The molecule has 9 nitrogen and oxygen atoms in total. The minimum Gasteiger partial charge on any atom is -0.468 e. The summed E-state index contributed by atoms with van der Waals surface area (Å²) >= 11 is 0. The number of amides is 1. The number of nitrogens with one attached hydrogen (secondary N) is 1. The van der Waals surface area contributed by atoms with Gasteiger partial charge in [0, 0.05) is 12.6 Å². The topological polar surface area (TPSA) is 102 Å². The second-order valence-corrected chi connectivity index (χ2v) is 8.19. The monoisotopic (exact) mass is 415 g/mol. The fourth-order valence-corrected chi connectivity index (χ4v) is 4.50. The first-order chi connectivity index (χ1) is 14.6. The van der Waals surface area contributed by atoms with Crippen LogP contribution in [0.1, 0.15) is 67.2 Å². The summed E-state index contributed by atoms with van der Waals surface area (Å²) < 4.78 is 11.9. The molecule has 1 saturated heterocycles. The predicted octanol–water partition coefficient (Wildman–Crippen LogP) is 2.31. The molecule has 2 fully saturated rings. The van der Waals surface area contributed by atoms with Crippen LogP contribution in [0.25, 0.3) is 0 Å². The van der Waals surface area contributed by atoms with Crippen molar-refractivity contribution in [3.05, 3.63) is 36.0 Å². The third kappa shape index (κ3) is 4.72. The van der Waals surface area contributed by atoms with Crippen LogP contribution in [0, 0.1) is 0 Å². The number of ether oxygens (including phenoxy) is 1. The summed E-state index contributed by atoms with van der Waals surface area (Å²) in [7, 11) is 1.32. The van der Waals surface area contributed by atoms with E-state index in [9.17, 15) is 9.59 Å². The van der Waals surface area contributed by atoms with E-state index in [0.29, 0.717) is 19.5 Å². The van der Waals surface area contributed by atoms with Crippen molar-refractivity contribution in [3.8, 4) is 0 Å². The Morgan fingerprint density at radius 3 is 2.77 bits per heavy atom. The van der Waals surface area contributed by atoms with Crippen LogP contribution in [0.5, 0.6) is 0 Å². The lowest BCUT2D eigenvalue weighted by molar-refractivity contribution is -0.126. The number of carbonyl (C=O) groups excluding carboxylic acids is 2. The molecule has 162 valence electrons. The van der Waals surface area contributed by atoms with E-state index in [-0.39, 0.29) is 29.7 Å². The molecule has 1 N–H and O–H groups in total. The molecule has 1 aliphatic heterocycles. The minimum atomic E-state index is -0.519. The molecule has 0 unspecified atom stereocenters. The zero-order chi connectivity index (χ0) is 20.9. The maximum absolute atomic E-state index is 13.2. The smallest absolute Gasteiger partial charge is 0.360 e. The molecular formula is C21H29N5O4. The Labute approximate surface area is 175 Å². The van der Waals surface area contributed by atoms with Crippen LogP contribution in [0.15, 0.2) is 29.0 Å². The summed E-state index contributed by atoms with van der Waals surface area (Å²) in [6, 6.07) is 3.67. The lowest BCUT2D eigenvalue weighted by Gasteiger charge is -2.25. The molecule has 9 heteroatoms. The van der Waals surface area contributed by atoms with Crippen molar-refractivity contribution in [3.63, 3.8) is 0 Å². The van der Waals surface area contributed by atoms with Crippen molar-refractivity contribution in [2.45, 2.75) is 69.6 Å². The van der Waals surface area contributed by atoms with Crippen LogP contribution in [-0.4, -0.2) is 57.5 Å². The Kier molecular flexibility index (Phi) is 6.47. The van der Waals surface area contributed by atoms with Crippen molar-refractivity contribution >= 4 is 11.9 Å². The van der Waals surface area contributed by atoms with E-state index in [1.807, 2.05) is 12.1 Å². The number of methoxy groups -OCH3 is 1. The lowest BCUT2D eigenvalue weighted by atomic mass is 10.1. The summed E-state index contributed by atoms with van der Waals surface area (Å²) in [5.41, 5.74) is 0.168. The summed E-state index contributed by atoms with van der Waals surface area (Å²) in [5, 5.41) is 11.3.